The summed E-state index contributed by atoms with van der Waals surface area (Å²) in [6.07, 6.45) is 0. The van der Waals surface area contributed by atoms with E-state index in [1.807, 2.05) is 60.7 Å². The zero-order valence-corrected chi connectivity index (χ0v) is 35.0. The highest BCUT2D eigenvalue weighted by Gasteiger charge is 2.24. The van der Waals surface area contributed by atoms with Crippen molar-refractivity contribution in [3.63, 3.8) is 0 Å². The first-order valence-corrected chi connectivity index (χ1v) is 21.8. The normalized spacial score (nSPS) is 11.7. The minimum Gasteiger partial charge on any atom is -0.309 e. The molecule has 0 N–H and O–H groups in total. The van der Waals surface area contributed by atoms with Crippen molar-refractivity contribution in [1.82, 2.24) is 33.6 Å². The summed E-state index contributed by atoms with van der Waals surface area (Å²) >= 11 is 0. The molecule has 0 spiro atoms. The molecule has 0 aliphatic heterocycles. The summed E-state index contributed by atoms with van der Waals surface area (Å²) in [5, 5.41) is 4.54. The van der Waals surface area contributed by atoms with Crippen molar-refractivity contribution >= 4 is 54.6 Å². The van der Waals surface area contributed by atoms with Gasteiger partial charge in [0.15, 0.2) is 17.5 Å². The Bertz CT molecular complexity index is 3850. The number of hydrogen-bond acceptors (Lipinski definition) is 4. The van der Waals surface area contributed by atoms with Crippen LogP contribution in [0.5, 0.6) is 0 Å². The fourth-order valence-corrected chi connectivity index (χ4v) is 9.58. The third-order valence-corrected chi connectivity index (χ3v) is 12.5. The highest BCUT2D eigenvalue weighted by atomic mass is 15.1. The van der Waals surface area contributed by atoms with E-state index in [1.54, 1.807) is 0 Å². The molecule has 65 heavy (non-hydrogen) atoms. The Morgan fingerprint density at radius 3 is 1.43 bits per heavy atom. The third kappa shape index (κ3) is 5.98. The highest BCUT2D eigenvalue weighted by molar-refractivity contribution is 6.26. The van der Waals surface area contributed by atoms with Crippen molar-refractivity contribution in [1.29, 1.82) is 0 Å². The van der Waals surface area contributed by atoms with Crippen LogP contribution < -0.4 is 0 Å². The first kappa shape index (κ1) is 36.7. The summed E-state index contributed by atoms with van der Waals surface area (Å²) in [4.78, 5) is 20.4. The monoisotopic (exact) mass is 831 g/mol. The number of rotatable bonds is 7. The zero-order chi connectivity index (χ0) is 42.8. The van der Waals surface area contributed by atoms with Crippen LogP contribution in [0.25, 0.3) is 117 Å². The Morgan fingerprint density at radius 2 is 0.785 bits per heavy atom. The van der Waals surface area contributed by atoms with E-state index in [9.17, 15) is 0 Å². The van der Waals surface area contributed by atoms with Gasteiger partial charge in [-0.15, -0.1) is 0 Å². The van der Waals surface area contributed by atoms with Crippen molar-refractivity contribution in [3.8, 4) is 62.6 Å². The fraction of sp³-hybridized carbons (Fsp3) is 0. The van der Waals surface area contributed by atoms with Gasteiger partial charge in [0.05, 0.1) is 33.1 Å². The SMILES string of the molecule is c1ccc(-c2nc(-c3ccccc3)nc(-c3ccc4c(c3)c3ccc5c(c6cc(-n7c(-c8ccccc8)nc8ccccc87)ccc6n5-c5ccccc5)c3n4-c3ccccc3)n2)cc1. The number of hydrogen-bond donors (Lipinski definition) is 0. The van der Waals surface area contributed by atoms with Gasteiger partial charge in [-0.3, -0.25) is 4.57 Å². The number of fused-ring (bicyclic) bond motifs is 8. The summed E-state index contributed by atoms with van der Waals surface area (Å²) in [7, 11) is 0. The lowest BCUT2D eigenvalue weighted by Gasteiger charge is -2.11. The molecule has 0 unspecified atom stereocenters. The quantitative estimate of drug-likeness (QED) is 0.160. The summed E-state index contributed by atoms with van der Waals surface area (Å²) in [6, 6.07) is 78.6. The maximum atomic E-state index is 5.20. The number of aromatic nitrogens is 7. The van der Waals surface area contributed by atoms with Gasteiger partial charge in [-0.05, 0) is 78.9 Å². The Morgan fingerprint density at radius 1 is 0.277 bits per heavy atom. The number of benzene rings is 9. The topological polar surface area (TPSA) is 66.3 Å². The van der Waals surface area contributed by atoms with Crippen LogP contribution in [0.4, 0.5) is 0 Å². The van der Waals surface area contributed by atoms with Crippen LogP contribution in [-0.2, 0) is 0 Å². The summed E-state index contributed by atoms with van der Waals surface area (Å²) in [5.41, 5.74) is 13.5. The van der Waals surface area contributed by atoms with Crippen molar-refractivity contribution in [2.45, 2.75) is 0 Å². The molecule has 0 amide bonds. The molecule has 0 radical (unpaired) electrons. The van der Waals surface area contributed by atoms with Gasteiger partial charge in [0.2, 0.25) is 0 Å². The minimum absolute atomic E-state index is 0.619. The van der Waals surface area contributed by atoms with Gasteiger partial charge in [0, 0.05) is 60.9 Å². The molecule has 0 bridgehead atoms. The third-order valence-electron chi connectivity index (χ3n) is 12.5. The Balaban J connectivity index is 1.12. The molecule has 4 heterocycles. The first-order valence-electron chi connectivity index (χ1n) is 21.8. The average molecular weight is 832 g/mol. The highest BCUT2D eigenvalue weighted by Crippen LogP contribution is 2.44. The lowest BCUT2D eigenvalue weighted by Crippen LogP contribution is -2.00. The maximum Gasteiger partial charge on any atom is 0.164 e. The standard InChI is InChI=1S/C58H37N7/c1-6-18-38(19-7-1)55-60-56(39-20-8-2-9-21-39)62-57(61-55)41-30-33-49-46(36-41)45-32-35-52-53(54(45)64(49)43-26-14-5-15-27-43)47-37-44(31-34-50(47)63(52)42-24-12-4-13-25-42)65-51-29-17-16-28-48(51)59-58(65)40-22-10-3-11-23-40/h1-37H. The van der Waals surface area contributed by atoms with Gasteiger partial charge in [-0.25, -0.2) is 19.9 Å². The van der Waals surface area contributed by atoms with Crippen LogP contribution >= 0.6 is 0 Å². The van der Waals surface area contributed by atoms with Gasteiger partial charge in [0.1, 0.15) is 5.82 Å². The van der Waals surface area contributed by atoms with Crippen molar-refractivity contribution in [3.05, 3.63) is 224 Å². The molecule has 304 valence electrons. The van der Waals surface area contributed by atoms with Gasteiger partial charge in [-0.1, -0.05) is 146 Å². The molecule has 7 heteroatoms. The lowest BCUT2D eigenvalue weighted by molar-refractivity contribution is 1.07. The summed E-state index contributed by atoms with van der Waals surface area (Å²) in [6.45, 7) is 0. The van der Waals surface area contributed by atoms with E-state index in [0.29, 0.717) is 17.5 Å². The van der Waals surface area contributed by atoms with Gasteiger partial charge in [0.25, 0.3) is 0 Å². The van der Waals surface area contributed by atoms with Gasteiger partial charge < -0.3 is 9.13 Å². The smallest absolute Gasteiger partial charge is 0.164 e. The van der Waals surface area contributed by atoms with E-state index < -0.39 is 0 Å². The second-order valence-corrected chi connectivity index (χ2v) is 16.3. The van der Waals surface area contributed by atoms with Gasteiger partial charge in [-0.2, -0.15) is 0 Å². The average Bonchev–Trinajstić information content (AvgIpc) is 4.05. The molecule has 0 fully saturated rings. The number of nitrogens with zero attached hydrogens (tertiary/aromatic N) is 7. The molecular weight excluding hydrogens is 795 g/mol. The minimum atomic E-state index is 0.619. The molecule has 13 rings (SSSR count). The van der Waals surface area contributed by atoms with Crippen LogP contribution in [-0.4, -0.2) is 33.6 Å². The zero-order valence-electron chi connectivity index (χ0n) is 35.0. The molecule has 0 saturated carbocycles. The summed E-state index contributed by atoms with van der Waals surface area (Å²) < 4.78 is 7.13. The molecule has 0 atom stereocenters. The van der Waals surface area contributed by atoms with Crippen molar-refractivity contribution in [2.24, 2.45) is 0 Å². The van der Waals surface area contributed by atoms with Gasteiger partial charge >= 0.3 is 0 Å². The lowest BCUT2D eigenvalue weighted by atomic mass is 10.1. The maximum absolute atomic E-state index is 5.20. The molecule has 13 aromatic rings. The Labute approximate surface area is 373 Å². The second-order valence-electron chi connectivity index (χ2n) is 16.3. The van der Waals surface area contributed by atoms with Crippen LogP contribution in [0.2, 0.25) is 0 Å². The van der Waals surface area contributed by atoms with Crippen LogP contribution in [0.15, 0.2) is 224 Å². The number of imidazole rings is 1. The molecule has 0 saturated heterocycles. The molecular formula is C58H37N7. The molecule has 0 aliphatic rings. The fourth-order valence-electron chi connectivity index (χ4n) is 9.58. The Hall–Kier alpha value is -8.94. The van der Waals surface area contributed by atoms with E-state index in [2.05, 4.69) is 177 Å². The van der Waals surface area contributed by atoms with E-state index in [4.69, 9.17) is 19.9 Å². The molecule has 4 aromatic heterocycles. The van der Waals surface area contributed by atoms with Crippen molar-refractivity contribution in [2.75, 3.05) is 0 Å². The van der Waals surface area contributed by atoms with E-state index >= 15 is 0 Å². The second kappa shape index (κ2) is 14.9. The molecule has 0 aliphatic carbocycles. The van der Waals surface area contributed by atoms with Crippen LogP contribution in [0.1, 0.15) is 0 Å². The predicted molar refractivity (Wildman–Crippen MR) is 265 cm³/mol. The van der Waals surface area contributed by atoms with E-state index in [1.165, 1.54) is 0 Å². The number of para-hydroxylation sites is 4. The van der Waals surface area contributed by atoms with Crippen molar-refractivity contribution < 1.29 is 0 Å². The van der Waals surface area contributed by atoms with Crippen LogP contribution in [0, 0.1) is 0 Å². The predicted octanol–water partition coefficient (Wildman–Crippen LogP) is 14.1. The largest absolute Gasteiger partial charge is 0.309 e. The molecule has 7 nitrogen and oxygen atoms in total. The van der Waals surface area contributed by atoms with E-state index in [0.717, 1.165) is 99.8 Å². The Kier molecular flexibility index (Phi) is 8.39. The van der Waals surface area contributed by atoms with Crippen LogP contribution in [0.3, 0.4) is 0 Å². The van der Waals surface area contributed by atoms with E-state index in [-0.39, 0.29) is 0 Å². The summed E-state index contributed by atoms with van der Waals surface area (Å²) in [5.74, 6) is 2.79. The first-order chi connectivity index (χ1) is 32.2. The molecule has 9 aromatic carbocycles.